The predicted octanol–water partition coefficient (Wildman–Crippen LogP) is 4.15. The number of amides is 1. The van der Waals surface area contributed by atoms with Gasteiger partial charge < -0.3 is 15.3 Å². The molecule has 1 amide bonds. The quantitative estimate of drug-likeness (QED) is 0.665. The molecule has 0 spiro atoms. The highest BCUT2D eigenvalue weighted by Crippen LogP contribution is 2.52. The van der Waals surface area contributed by atoms with Crippen LogP contribution in [0.4, 0.5) is 14.5 Å². The third-order valence-electron chi connectivity index (χ3n) is 4.52. The zero-order chi connectivity index (χ0) is 16.0. The third-order valence-corrected chi connectivity index (χ3v) is 4.52. The van der Waals surface area contributed by atoms with Crippen molar-refractivity contribution in [3.05, 3.63) is 42.7 Å². The van der Waals surface area contributed by atoms with Crippen LogP contribution < -0.4 is 5.32 Å². The summed E-state index contributed by atoms with van der Waals surface area (Å²) in [5.41, 5.74) is 1.48. The molecule has 4 rings (SSSR count). The number of carbonyl (C=O) groups excluding carboxylic acids is 1. The Labute approximate surface area is 130 Å². The Hall–Kier alpha value is -2.63. The van der Waals surface area contributed by atoms with Crippen molar-refractivity contribution < 1.29 is 13.6 Å². The molecule has 1 fully saturated rings. The monoisotopic (exact) mass is 315 g/mol. The molecule has 1 aromatic carbocycles. The van der Waals surface area contributed by atoms with E-state index in [2.05, 4.69) is 15.3 Å². The van der Waals surface area contributed by atoms with E-state index in [9.17, 15) is 13.6 Å². The smallest absolute Gasteiger partial charge is 0.252 e. The van der Waals surface area contributed by atoms with Gasteiger partial charge in [-0.05, 0) is 43.2 Å². The van der Waals surface area contributed by atoms with Crippen LogP contribution in [-0.2, 0) is 4.79 Å². The van der Waals surface area contributed by atoms with Crippen molar-refractivity contribution in [1.82, 2.24) is 9.97 Å². The van der Waals surface area contributed by atoms with Crippen LogP contribution in [0.2, 0.25) is 0 Å². The number of benzene rings is 1. The highest BCUT2D eigenvalue weighted by atomic mass is 19.3. The van der Waals surface area contributed by atoms with E-state index in [1.54, 1.807) is 12.4 Å². The van der Waals surface area contributed by atoms with Gasteiger partial charge in [-0.3, -0.25) is 4.79 Å². The second-order valence-corrected chi connectivity index (χ2v) is 5.92. The molecule has 1 aliphatic carbocycles. The summed E-state index contributed by atoms with van der Waals surface area (Å²) in [5.74, 6) is -0.603. The fourth-order valence-corrected chi connectivity index (χ4v) is 2.91. The van der Waals surface area contributed by atoms with Gasteiger partial charge in [0, 0.05) is 34.6 Å². The maximum atomic E-state index is 13.2. The molecular formula is C17H15F2N3O. The summed E-state index contributed by atoms with van der Waals surface area (Å²) in [5, 5.41) is 3.55. The Morgan fingerprint density at radius 3 is 2.61 bits per heavy atom. The number of aromatic nitrogens is 2. The first-order chi connectivity index (χ1) is 11.1. The molecule has 0 unspecified atom stereocenters. The molecule has 4 nitrogen and oxygen atoms in total. The van der Waals surface area contributed by atoms with Crippen LogP contribution >= 0.6 is 0 Å². The lowest BCUT2D eigenvalue weighted by Gasteiger charge is -2.17. The summed E-state index contributed by atoms with van der Waals surface area (Å²) in [4.78, 5) is 18.6. The molecule has 118 valence electrons. The number of carbonyl (C=O) groups is 1. The van der Waals surface area contributed by atoms with E-state index in [1.165, 1.54) is 0 Å². The molecule has 23 heavy (non-hydrogen) atoms. The lowest BCUT2D eigenvalue weighted by atomic mass is 10.0. The molecular weight excluding hydrogens is 300 g/mol. The number of fused-ring (bicyclic) bond motifs is 1. The predicted molar refractivity (Wildman–Crippen MR) is 84.4 cm³/mol. The van der Waals surface area contributed by atoms with Crippen molar-refractivity contribution in [1.29, 1.82) is 0 Å². The first kappa shape index (κ1) is 14.0. The number of alkyl halides is 2. The van der Waals surface area contributed by atoms with Crippen LogP contribution in [0.1, 0.15) is 12.8 Å². The molecule has 0 bridgehead atoms. The van der Waals surface area contributed by atoms with Gasteiger partial charge in [-0.2, -0.15) is 0 Å². The molecule has 2 heterocycles. The highest BCUT2D eigenvalue weighted by molar-refractivity contribution is 6.09. The molecule has 3 N–H and O–H groups in total. The summed E-state index contributed by atoms with van der Waals surface area (Å²) in [6, 6.07) is 9.33. The molecule has 0 atom stereocenters. The van der Waals surface area contributed by atoms with Crippen LogP contribution in [0.3, 0.4) is 0 Å². The van der Waals surface area contributed by atoms with Crippen LogP contribution in [0.5, 0.6) is 0 Å². The molecule has 6 heteroatoms. The van der Waals surface area contributed by atoms with E-state index < -0.39 is 17.7 Å². The number of halogens is 2. The minimum absolute atomic E-state index is 0.234. The third kappa shape index (κ3) is 2.13. The fourth-order valence-electron chi connectivity index (χ4n) is 2.91. The Morgan fingerprint density at radius 2 is 1.96 bits per heavy atom. The Morgan fingerprint density at radius 1 is 1.13 bits per heavy atom. The Kier molecular flexibility index (Phi) is 3.01. The van der Waals surface area contributed by atoms with E-state index in [1.807, 2.05) is 30.3 Å². The zero-order valence-electron chi connectivity index (χ0n) is 12.2. The van der Waals surface area contributed by atoms with Gasteiger partial charge in [0.1, 0.15) is 5.41 Å². The standard InChI is InChI=1S/C17H15F2N3O/c18-15(19)17(6-7-17)16(23)22-14-10(12-2-1-8-20-12)3-4-13-11(14)5-9-21-13/h1-5,8-9,15,20-21H,6-7H2,(H,22,23). The van der Waals surface area contributed by atoms with Crippen molar-refractivity contribution >= 4 is 22.5 Å². The van der Waals surface area contributed by atoms with E-state index in [-0.39, 0.29) is 12.8 Å². The average Bonchev–Trinajstić information content (AvgIpc) is 2.97. The van der Waals surface area contributed by atoms with E-state index in [4.69, 9.17) is 0 Å². The normalized spacial score (nSPS) is 16.0. The average molecular weight is 315 g/mol. The van der Waals surface area contributed by atoms with Crippen LogP contribution in [0, 0.1) is 5.41 Å². The molecule has 0 saturated heterocycles. The lowest BCUT2D eigenvalue weighted by molar-refractivity contribution is -0.126. The topological polar surface area (TPSA) is 60.7 Å². The van der Waals surface area contributed by atoms with Crippen LogP contribution in [-0.4, -0.2) is 22.3 Å². The zero-order valence-corrected chi connectivity index (χ0v) is 12.2. The SMILES string of the molecule is O=C(Nc1c(-c2ccc[nH]2)ccc2[nH]ccc12)C1(C(F)F)CC1. The number of aromatic amines is 2. The van der Waals surface area contributed by atoms with Crippen molar-refractivity contribution in [3.8, 4) is 11.3 Å². The molecule has 2 aromatic heterocycles. The largest absolute Gasteiger partial charge is 0.361 e. The molecule has 3 aromatic rings. The highest BCUT2D eigenvalue weighted by Gasteiger charge is 2.57. The lowest BCUT2D eigenvalue weighted by Crippen LogP contribution is -2.30. The number of rotatable bonds is 4. The van der Waals surface area contributed by atoms with Gasteiger partial charge in [0.05, 0.1) is 5.69 Å². The first-order valence-electron chi connectivity index (χ1n) is 7.45. The van der Waals surface area contributed by atoms with Crippen LogP contribution in [0.15, 0.2) is 42.7 Å². The summed E-state index contributed by atoms with van der Waals surface area (Å²) in [6.07, 6.45) is 1.37. The minimum Gasteiger partial charge on any atom is -0.361 e. The van der Waals surface area contributed by atoms with Crippen molar-refractivity contribution in [2.24, 2.45) is 5.41 Å². The van der Waals surface area contributed by atoms with Gasteiger partial charge in [0.15, 0.2) is 0 Å². The maximum Gasteiger partial charge on any atom is 0.252 e. The molecule has 0 radical (unpaired) electrons. The number of anilines is 1. The van der Waals surface area contributed by atoms with Crippen LogP contribution in [0.25, 0.3) is 22.2 Å². The van der Waals surface area contributed by atoms with Crippen molar-refractivity contribution in [3.63, 3.8) is 0 Å². The van der Waals surface area contributed by atoms with E-state index in [0.717, 1.165) is 22.2 Å². The Balaban J connectivity index is 1.80. The summed E-state index contributed by atoms with van der Waals surface area (Å²) in [6.45, 7) is 0. The van der Waals surface area contributed by atoms with Gasteiger partial charge in [-0.1, -0.05) is 0 Å². The number of hydrogen-bond acceptors (Lipinski definition) is 1. The minimum atomic E-state index is -2.64. The molecule has 1 saturated carbocycles. The molecule has 1 aliphatic rings. The van der Waals surface area contributed by atoms with Gasteiger partial charge in [-0.25, -0.2) is 8.78 Å². The summed E-state index contributed by atoms with van der Waals surface area (Å²) in [7, 11) is 0. The maximum absolute atomic E-state index is 13.2. The summed E-state index contributed by atoms with van der Waals surface area (Å²) >= 11 is 0. The second kappa shape index (κ2) is 4.94. The number of nitrogens with one attached hydrogen (secondary N) is 3. The number of hydrogen-bond donors (Lipinski definition) is 3. The van der Waals surface area contributed by atoms with Gasteiger partial charge in [-0.15, -0.1) is 0 Å². The summed E-state index contributed by atoms with van der Waals surface area (Å²) < 4.78 is 26.4. The van der Waals surface area contributed by atoms with Gasteiger partial charge in [0.25, 0.3) is 6.43 Å². The molecule has 0 aliphatic heterocycles. The number of H-pyrrole nitrogens is 2. The van der Waals surface area contributed by atoms with E-state index in [0.29, 0.717) is 5.69 Å². The first-order valence-corrected chi connectivity index (χ1v) is 7.45. The second-order valence-electron chi connectivity index (χ2n) is 5.92. The van der Waals surface area contributed by atoms with E-state index >= 15 is 0 Å². The van der Waals surface area contributed by atoms with Crippen molar-refractivity contribution in [2.45, 2.75) is 19.3 Å². The Bertz CT molecular complexity index is 863. The van der Waals surface area contributed by atoms with Gasteiger partial charge in [0.2, 0.25) is 5.91 Å². The fraction of sp³-hybridized carbons (Fsp3) is 0.235. The van der Waals surface area contributed by atoms with Gasteiger partial charge >= 0.3 is 0 Å². The van der Waals surface area contributed by atoms with Crippen molar-refractivity contribution in [2.75, 3.05) is 5.32 Å².